The van der Waals surface area contributed by atoms with Crippen molar-refractivity contribution in [3.63, 3.8) is 0 Å². The predicted molar refractivity (Wildman–Crippen MR) is 107 cm³/mol. The highest BCUT2D eigenvalue weighted by Crippen LogP contribution is 2.33. The molecule has 0 saturated carbocycles. The number of carbonyl (C=O) groups excluding carboxylic acids is 1. The molecule has 1 aromatic carbocycles. The van der Waals surface area contributed by atoms with Crippen molar-refractivity contribution in [2.24, 2.45) is 0 Å². The van der Waals surface area contributed by atoms with E-state index in [4.69, 9.17) is 9.15 Å². The Morgan fingerprint density at radius 1 is 1.30 bits per heavy atom. The van der Waals surface area contributed by atoms with Gasteiger partial charge in [0.2, 0.25) is 21.8 Å². The van der Waals surface area contributed by atoms with E-state index in [1.807, 2.05) is 0 Å². The number of amides is 1. The summed E-state index contributed by atoms with van der Waals surface area (Å²) in [6, 6.07) is 7.80. The molecule has 1 aliphatic heterocycles. The van der Waals surface area contributed by atoms with Crippen LogP contribution in [0.3, 0.4) is 0 Å². The monoisotopic (exact) mass is 426 g/mol. The minimum Gasteiger partial charge on any atom is -0.444 e. The first-order chi connectivity index (χ1) is 14.3. The molecule has 4 rings (SSSR count). The Morgan fingerprint density at radius 3 is 2.87 bits per heavy atom. The normalized spacial score (nSPS) is 13.6. The van der Waals surface area contributed by atoms with Gasteiger partial charge in [-0.3, -0.25) is 15.1 Å². The molecule has 0 bridgehead atoms. The first-order valence-electron chi connectivity index (χ1n) is 8.97. The lowest BCUT2D eigenvalue weighted by Gasteiger charge is -2.16. The highest BCUT2D eigenvalue weighted by atomic mass is 32.2. The number of aryl methyl sites for hydroxylation is 1. The molecule has 0 unspecified atom stereocenters. The summed E-state index contributed by atoms with van der Waals surface area (Å²) in [5.74, 6) is 0.958. The van der Waals surface area contributed by atoms with E-state index in [0.29, 0.717) is 22.8 Å². The van der Waals surface area contributed by atoms with Gasteiger partial charge in [-0.1, -0.05) is 12.6 Å². The fourth-order valence-electron chi connectivity index (χ4n) is 3.00. The molecule has 0 atom stereocenters. The Kier molecular flexibility index (Phi) is 5.10. The number of nitrogens with zero attached hydrogens (tertiary/aromatic N) is 3. The summed E-state index contributed by atoms with van der Waals surface area (Å²) in [7, 11) is -3.79. The maximum absolute atomic E-state index is 13.1. The van der Waals surface area contributed by atoms with Crippen molar-refractivity contribution in [1.29, 1.82) is 0 Å². The predicted octanol–water partition coefficient (Wildman–Crippen LogP) is 3.00. The van der Waals surface area contributed by atoms with Gasteiger partial charge in [-0.25, -0.2) is 13.4 Å². The van der Waals surface area contributed by atoms with Gasteiger partial charge in [0.1, 0.15) is 11.5 Å². The molecule has 0 radical (unpaired) electrons. The number of rotatable bonds is 6. The van der Waals surface area contributed by atoms with Crippen LogP contribution in [-0.2, 0) is 27.9 Å². The Balaban J connectivity index is 1.51. The first kappa shape index (κ1) is 19.8. The molecule has 3 aromatic rings. The average Bonchev–Trinajstić information content (AvgIpc) is 3.27. The van der Waals surface area contributed by atoms with Crippen LogP contribution in [0.15, 0.2) is 64.7 Å². The summed E-state index contributed by atoms with van der Waals surface area (Å²) in [5.41, 5.74) is 1.38. The second-order valence-electron chi connectivity index (χ2n) is 6.60. The molecule has 30 heavy (non-hydrogen) atoms. The van der Waals surface area contributed by atoms with Gasteiger partial charge in [-0.15, -0.1) is 0 Å². The molecule has 9 nitrogen and oxygen atoms in total. The van der Waals surface area contributed by atoms with Crippen LogP contribution >= 0.6 is 0 Å². The maximum atomic E-state index is 13.1. The zero-order chi connectivity index (χ0) is 21.3. The number of carbonyl (C=O) groups is 1. The van der Waals surface area contributed by atoms with Crippen molar-refractivity contribution in [1.82, 2.24) is 14.3 Å². The Hall–Kier alpha value is -3.50. The Bertz CT molecular complexity index is 1210. The average molecular weight is 426 g/mol. The molecule has 1 amide bonds. The van der Waals surface area contributed by atoms with Crippen LogP contribution in [0.25, 0.3) is 0 Å². The minimum absolute atomic E-state index is 0.0655. The third kappa shape index (κ3) is 3.95. The second-order valence-corrected chi connectivity index (χ2v) is 8.54. The van der Waals surface area contributed by atoms with E-state index in [2.05, 4.69) is 21.9 Å². The summed E-state index contributed by atoms with van der Waals surface area (Å²) in [5, 5.41) is 2.52. The van der Waals surface area contributed by atoms with Crippen LogP contribution in [0.1, 0.15) is 17.0 Å². The van der Waals surface area contributed by atoms with Crippen molar-refractivity contribution in [3.8, 4) is 11.6 Å². The van der Waals surface area contributed by atoms with Crippen LogP contribution in [-0.4, -0.2) is 28.6 Å². The SMILES string of the molecule is C=CC(=O)Nc1cc2c(o1)CN(S(=O)(=O)c1cccc(Oc3cncc(C)n3)c1)C2. The number of hydrogen-bond acceptors (Lipinski definition) is 7. The van der Waals surface area contributed by atoms with Crippen LogP contribution in [0, 0.1) is 6.92 Å². The molecule has 2 aromatic heterocycles. The van der Waals surface area contributed by atoms with Crippen LogP contribution in [0.4, 0.5) is 5.88 Å². The third-order valence-electron chi connectivity index (χ3n) is 4.39. The zero-order valence-electron chi connectivity index (χ0n) is 16.0. The van der Waals surface area contributed by atoms with Crippen molar-refractivity contribution in [3.05, 3.63) is 72.4 Å². The van der Waals surface area contributed by atoms with Crippen molar-refractivity contribution in [2.45, 2.75) is 24.9 Å². The van der Waals surface area contributed by atoms with Gasteiger partial charge in [0.25, 0.3) is 0 Å². The molecule has 3 heterocycles. The van der Waals surface area contributed by atoms with Crippen LogP contribution in [0.2, 0.25) is 0 Å². The van der Waals surface area contributed by atoms with Crippen molar-refractivity contribution < 1.29 is 22.4 Å². The maximum Gasteiger partial charge on any atom is 0.250 e. The molecule has 1 N–H and O–H groups in total. The molecule has 0 spiro atoms. The summed E-state index contributed by atoms with van der Waals surface area (Å²) in [6.07, 6.45) is 4.18. The minimum atomic E-state index is -3.79. The van der Waals surface area contributed by atoms with E-state index in [1.165, 1.54) is 22.6 Å². The van der Waals surface area contributed by atoms with Gasteiger partial charge < -0.3 is 9.15 Å². The molecular weight excluding hydrogens is 408 g/mol. The molecule has 1 aliphatic rings. The summed E-state index contributed by atoms with van der Waals surface area (Å²) < 4.78 is 38.7. The molecule has 0 aliphatic carbocycles. The Labute approximate surface area is 173 Å². The number of fused-ring (bicyclic) bond motifs is 1. The van der Waals surface area contributed by atoms with Gasteiger partial charge in [-0.2, -0.15) is 4.31 Å². The standard InChI is InChI=1S/C20H18N4O5S/c1-3-18(25)23-19-7-14-11-24(12-17(14)29-19)30(26,27)16-6-4-5-15(8-16)28-20-10-21-9-13(2)22-20/h3-10H,1,11-12H2,2H3,(H,23,25). The van der Waals surface area contributed by atoms with Gasteiger partial charge in [-0.05, 0) is 25.1 Å². The largest absolute Gasteiger partial charge is 0.444 e. The number of ether oxygens (including phenoxy) is 1. The highest BCUT2D eigenvalue weighted by molar-refractivity contribution is 7.89. The van der Waals surface area contributed by atoms with E-state index >= 15 is 0 Å². The number of anilines is 1. The van der Waals surface area contributed by atoms with Crippen molar-refractivity contribution >= 4 is 21.8 Å². The number of aromatic nitrogens is 2. The number of benzene rings is 1. The quantitative estimate of drug-likeness (QED) is 0.603. The molecular formula is C20H18N4O5S. The number of nitrogens with one attached hydrogen (secondary N) is 1. The molecule has 154 valence electrons. The second kappa shape index (κ2) is 7.73. The summed E-state index contributed by atoms with van der Waals surface area (Å²) in [4.78, 5) is 19.7. The first-order valence-corrected chi connectivity index (χ1v) is 10.4. The topological polar surface area (TPSA) is 115 Å². The number of sulfonamides is 1. The van der Waals surface area contributed by atoms with Gasteiger partial charge in [0.05, 0.1) is 23.3 Å². The molecule has 0 saturated heterocycles. The van der Waals surface area contributed by atoms with E-state index in [9.17, 15) is 13.2 Å². The van der Waals surface area contributed by atoms with E-state index < -0.39 is 15.9 Å². The third-order valence-corrected chi connectivity index (χ3v) is 6.18. The smallest absolute Gasteiger partial charge is 0.250 e. The summed E-state index contributed by atoms with van der Waals surface area (Å²) in [6.45, 7) is 5.36. The lowest BCUT2D eigenvalue weighted by molar-refractivity contribution is -0.112. The van der Waals surface area contributed by atoms with Gasteiger partial charge in [0.15, 0.2) is 5.88 Å². The number of furan rings is 1. The number of hydrogen-bond donors (Lipinski definition) is 1. The lowest BCUT2D eigenvalue weighted by atomic mass is 10.3. The van der Waals surface area contributed by atoms with Crippen LogP contribution < -0.4 is 10.1 Å². The molecule has 10 heteroatoms. The summed E-state index contributed by atoms with van der Waals surface area (Å²) >= 11 is 0. The fraction of sp³-hybridized carbons (Fsp3) is 0.150. The zero-order valence-corrected chi connectivity index (χ0v) is 16.8. The van der Waals surface area contributed by atoms with Gasteiger partial charge in [0, 0.05) is 30.4 Å². The van der Waals surface area contributed by atoms with E-state index in [1.54, 1.807) is 31.3 Å². The van der Waals surface area contributed by atoms with E-state index in [-0.39, 0.29) is 29.7 Å². The van der Waals surface area contributed by atoms with Crippen LogP contribution in [0.5, 0.6) is 11.6 Å². The lowest BCUT2D eigenvalue weighted by Crippen LogP contribution is -2.25. The van der Waals surface area contributed by atoms with Crippen molar-refractivity contribution in [2.75, 3.05) is 5.32 Å². The fourth-order valence-corrected chi connectivity index (χ4v) is 4.41. The molecule has 0 fully saturated rings. The van der Waals surface area contributed by atoms with Gasteiger partial charge >= 0.3 is 0 Å². The Morgan fingerprint density at radius 2 is 2.13 bits per heavy atom. The highest BCUT2D eigenvalue weighted by Gasteiger charge is 2.33. The van der Waals surface area contributed by atoms with E-state index in [0.717, 1.165) is 6.08 Å².